The topological polar surface area (TPSA) is 12.0 Å². The zero-order chi connectivity index (χ0) is 15.0. The molecule has 1 fully saturated rings. The first-order valence-electron chi connectivity index (χ1n) is 7.33. The van der Waals surface area contributed by atoms with E-state index in [2.05, 4.69) is 5.32 Å². The molecule has 1 aliphatic carbocycles. The smallest absolute Gasteiger partial charge is 0.131 e. The molecule has 0 spiro atoms. The van der Waals surface area contributed by atoms with Crippen molar-refractivity contribution in [2.24, 2.45) is 0 Å². The predicted octanol–water partition coefficient (Wildman–Crippen LogP) is 5.01. The quantitative estimate of drug-likeness (QED) is 0.836. The zero-order valence-corrected chi connectivity index (χ0v) is 13.1. The highest BCUT2D eigenvalue weighted by atomic mass is 35.5. The molecule has 1 nitrogen and oxygen atoms in total. The number of halogens is 2. The van der Waals surface area contributed by atoms with Crippen LogP contribution in [0.15, 0.2) is 30.3 Å². The number of hydrogen-bond donors (Lipinski definition) is 1. The summed E-state index contributed by atoms with van der Waals surface area (Å²) in [5.41, 5.74) is 4.54. The van der Waals surface area contributed by atoms with Gasteiger partial charge in [0.2, 0.25) is 0 Å². The highest BCUT2D eigenvalue weighted by Gasteiger charge is 2.21. The molecule has 0 aliphatic heterocycles. The van der Waals surface area contributed by atoms with E-state index in [0.29, 0.717) is 16.6 Å². The Kier molecular flexibility index (Phi) is 4.01. The van der Waals surface area contributed by atoms with Crippen LogP contribution in [0.1, 0.15) is 29.5 Å². The average molecular weight is 304 g/mol. The van der Waals surface area contributed by atoms with Gasteiger partial charge in [-0.15, -0.1) is 0 Å². The van der Waals surface area contributed by atoms with Gasteiger partial charge in [0.05, 0.1) is 0 Å². The molecule has 0 atom stereocenters. The molecule has 1 saturated carbocycles. The molecule has 2 aromatic carbocycles. The van der Waals surface area contributed by atoms with Crippen LogP contribution in [0.4, 0.5) is 4.39 Å². The van der Waals surface area contributed by atoms with E-state index < -0.39 is 0 Å². The van der Waals surface area contributed by atoms with Crippen LogP contribution in [0.5, 0.6) is 0 Å². The van der Waals surface area contributed by atoms with Gasteiger partial charge in [0, 0.05) is 23.2 Å². The molecule has 0 amide bonds. The second kappa shape index (κ2) is 5.78. The van der Waals surface area contributed by atoms with E-state index >= 15 is 0 Å². The fraction of sp³-hybridized carbons (Fsp3) is 0.333. The van der Waals surface area contributed by atoms with Crippen LogP contribution in [-0.2, 0) is 6.54 Å². The van der Waals surface area contributed by atoms with Crippen molar-refractivity contribution in [3.8, 4) is 11.1 Å². The monoisotopic (exact) mass is 303 g/mol. The maximum absolute atomic E-state index is 14.5. The molecular formula is C18H19ClFN. The van der Waals surface area contributed by atoms with Gasteiger partial charge in [-0.25, -0.2) is 4.39 Å². The lowest BCUT2D eigenvalue weighted by atomic mass is 9.94. The van der Waals surface area contributed by atoms with Gasteiger partial charge < -0.3 is 5.32 Å². The van der Waals surface area contributed by atoms with E-state index in [1.807, 2.05) is 38.1 Å². The first-order chi connectivity index (χ1) is 10.0. The minimum absolute atomic E-state index is 0.178. The summed E-state index contributed by atoms with van der Waals surface area (Å²) in [5.74, 6) is -0.178. The second-order valence-corrected chi connectivity index (χ2v) is 6.33. The summed E-state index contributed by atoms with van der Waals surface area (Å²) in [6.45, 7) is 4.61. The van der Waals surface area contributed by atoms with Crippen molar-refractivity contribution in [2.75, 3.05) is 0 Å². The molecule has 3 rings (SSSR count). The molecule has 0 aromatic heterocycles. The third-order valence-corrected chi connectivity index (χ3v) is 4.17. The predicted molar refractivity (Wildman–Crippen MR) is 86.2 cm³/mol. The number of benzene rings is 2. The zero-order valence-electron chi connectivity index (χ0n) is 12.3. The maximum Gasteiger partial charge on any atom is 0.131 e. The second-order valence-electron chi connectivity index (χ2n) is 5.90. The summed E-state index contributed by atoms with van der Waals surface area (Å²) in [4.78, 5) is 0. The number of aryl methyl sites for hydroxylation is 2. The number of nitrogens with one attached hydrogen (secondary N) is 1. The first-order valence-corrected chi connectivity index (χ1v) is 7.71. The summed E-state index contributed by atoms with van der Waals surface area (Å²) in [6, 6.07) is 9.95. The molecule has 21 heavy (non-hydrogen) atoms. The van der Waals surface area contributed by atoms with Gasteiger partial charge >= 0.3 is 0 Å². The van der Waals surface area contributed by atoms with Crippen LogP contribution in [-0.4, -0.2) is 6.04 Å². The minimum atomic E-state index is -0.178. The van der Waals surface area contributed by atoms with Gasteiger partial charge in [0.1, 0.15) is 5.82 Å². The molecule has 1 N–H and O–H groups in total. The van der Waals surface area contributed by atoms with E-state index in [-0.39, 0.29) is 5.82 Å². The van der Waals surface area contributed by atoms with Gasteiger partial charge in [0.15, 0.2) is 0 Å². The van der Waals surface area contributed by atoms with Gasteiger partial charge in [-0.1, -0.05) is 23.7 Å². The van der Waals surface area contributed by atoms with Gasteiger partial charge in [-0.3, -0.25) is 0 Å². The SMILES string of the molecule is Cc1cc(C)c(-c2cc(Cl)ccc2CNC2CC2)c(F)c1. The summed E-state index contributed by atoms with van der Waals surface area (Å²) >= 11 is 6.13. The Labute approximate surface area is 130 Å². The summed E-state index contributed by atoms with van der Waals surface area (Å²) in [6.07, 6.45) is 2.47. The lowest BCUT2D eigenvalue weighted by Gasteiger charge is -2.15. The Morgan fingerprint density at radius 1 is 1.19 bits per heavy atom. The lowest BCUT2D eigenvalue weighted by molar-refractivity contribution is 0.628. The fourth-order valence-corrected chi connectivity index (χ4v) is 2.91. The van der Waals surface area contributed by atoms with E-state index in [0.717, 1.165) is 28.8 Å². The molecule has 0 radical (unpaired) electrons. The Morgan fingerprint density at radius 2 is 1.95 bits per heavy atom. The summed E-state index contributed by atoms with van der Waals surface area (Å²) in [5, 5.41) is 4.13. The van der Waals surface area contributed by atoms with Crippen molar-refractivity contribution in [2.45, 2.75) is 39.3 Å². The maximum atomic E-state index is 14.5. The van der Waals surface area contributed by atoms with E-state index in [4.69, 9.17) is 11.6 Å². The van der Waals surface area contributed by atoms with Crippen LogP contribution in [0, 0.1) is 19.7 Å². The molecule has 110 valence electrons. The Balaban J connectivity index is 2.05. The van der Waals surface area contributed by atoms with Gasteiger partial charge in [-0.2, -0.15) is 0 Å². The standard InChI is InChI=1S/C18H19ClFN/c1-11-7-12(2)18(17(20)8-11)16-9-14(19)4-3-13(16)10-21-15-5-6-15/h3-4,7-9,15,21H,5-6,10H2,1-2H3. The van der Waals surface area contributed by atoms with Crippen molar-refractivity contribution in [3.05, 3.63) is 57.9 Å². The third kappa shape index (κ3) is 3.28. The van der Waals surface area contributed by atoms with Crippen molar-refractivity contribution >= 4 is 11.6 Å². The van der Waals surface area contributed by atoms with Crippen molar-refractivity contribution < 1.29 is 4.39 Å². The largest absolute Gasteiger partial charge is 0.310 e. The van der Waals surface area contributed by atoms with Crippen molar-refractivity contribution in [3.63, 3.8) is 0 Å². The molecule has 3 heteroatoms. The van der Waals surface area contributed by atoms with Crippen LogP contribution >= 0.6 is 11.6 Å². The molecular weight excluding hydrogens is 285 g/mol. The highest BCUT2D eigenvalue weighted by molar-refractivity contribution is 6.30. The van der Waals surface area contributed by atoms with E-state index in [1.54, 1.807) is 6.07 Å². The van der Waals surface area contributed by atoms with Crippen LogP contribution < -0.4 is 5.32 Å². The van der Waals surface area contributed by atoms with Crippen LogP contribution in [0.25, 0.3) is 11.1 Å². The Bertz CT molecular complexity index is 654. The lowest BCUT2D eigenvalue weighted by Crippen LogP contribution is -2.16. The Morgan fingerprint density at radius 3 is 2.62 bits per heavy atom. The highest BCUT2D eigenvalue weighted by Crippen LogP contribution is 2.33. The van der Waals surface area contributed by atoms with Crippen molar-refractivity contribution in [1.29, 1.82) is 0 Å². The molecule has 2 aromatic rings. The average Bonchev–Trinajstić information content (AvgIpc) is 3.20. The molecule has 0 heterocycles. The van der Waals surface area contributed by atoms with Crippen LogP contribution in [0.3, 0.4) is 0 Å². The number of rotatable bonds is 4. The fourth-order valence-electron chi connectivity index (χ4n) is 2.73. The molecule has 0 bridgehead atoms. The molecule has 0 saturated heterocycles. The van der Waals surface area contributed by atoms with Gasteiger partial charge in [0.25, 0.3) is 0 Å². The van der Waals surface area contributed by atoms with E-state index in [1.165, 1.54) is 12.8 Å². The summed E-state index contributed by atoms with van der Waals surface area (Å²) < 4.78 is 14.5. The van der Waals surface area contributed by atoms with Gasteiger partial charge in [-0.05, 0) is 67.1 Å². The van der Waals surface area contributed by atoms with Crippen LogP contribution in [0.2, 0.25) is 5.02 Å². The third-order valence-electron chi connectivity index (χ3n) is 3.93. The van der Waals surface area contributed by atoms with Crippen molar-refractivity contribution in [1.82, 2.24) is 5.32 Å². The first kappa shape index (κ1) is 14.6. The molecule has 0 unspecified atom stereocenters. The number of hydrogen-bond acceptors (Lipinski definition) is 1. The summed E-state index contributed by atoms with van der Waals surface area (Å²) in [7, 11) is 0. The molecule has 1 aliphatic rings. The normalized spacial score (nSPS) is 14.5. The minimum Gasteiger partial charge on any atom is -0.310 e. The Hall–Kier alpha value is -1.38. The van der Waals surface area contributed by atoms with E-state index in [9.17, 15) is 4.39 Å².